The van der Waals surface area contributed by atoms with Crippen LogP contribution in [0.2, 0.25) is 0 Å². The van der Waals surface area contributed by atoms with E-state index in [0.29, 0.717) is 6.04 Å². The third-order valence-electron chi connectivity index (χ3n) is 3.88. The number of hydrogen-bond acceptors (Lipinski definition) is 4. The first-order valence-corrected chi connectivity index (χ1v) is 8.70. The van der Waals surface area contributed by atoms with Gasteiger partial charge in [-0.1, -0.05) is 11.8 Å². The standard InChI is InChI=1S/C17H22N4OS/c1-12(23-17-18-10-11-21(17)15-8-9-15)16(22)19-13-4-6-14(7-5-13)20(2)3/h4-7,10-12,15H,8-9H2,1-3H3,(H,19,22). The molecule has 1 unspecified atom stereocenters. The molecule has 1 aromatic heterocycles. The van der Waals surface area contributed by atoms with E-state index < -0.39 is 0 Å². The fourth-order valence-corrected chi connectivity index (χ4v) is 3.26. The molecule has 23 heavy (non-hydrogen) atoms. The number of nitrogens with zero attached hydrogens (tertiary/aromatic N) is 3. The fraction of sp³-hybridized carbons (Fsp3) is 0.412. The Morgan fingerprint density at radius 3 is 2.65 bits per heavy atom. The van der Waals surface area contributed by atoms with Crippen molar-refractivity contribution in [2.45, 2.75) is 36.2 Å². The number of thioether (sulfide) groups is 1. The van der Waals surface area contributed by atoms with Crippen molar-refractivity contribution < 1.29 is 4.79 Å². The van der Waals surface area contributed by atoms with Crippen molar-refractivity contribution in [3.63, 3.8) is 0 Å². The van der Waals surface area contributed by atoms with Crippen LogP contribution in [0.4, 0.5) is 11.4 Å². The molecular formula is C17H22N4OS. The molecule has 1 heterocycles. The summed E-state index contributed by atoms with van der Waals surface area (Å²) < 4.78 is 2.18. The number of carbonyl (C=O) groups excluding carboxylic acids is 1. The highest BCUT2D eigenvalue weighted by atomic mass is 32.2. The van der Waals surface area contributed by atoms with Gasteiger partial charge in [0.15, 0.2) is 5.16 Å². The van der Waals surface area contributed by atoms with Crippen LogP contribution in [0.15, 0.2) is 41.8 Å². The molecule has 1 aliphatic rings. The van der Waals surface area contributed by atoms with Crippen LogP contribution in [0.5, 0.6) is 0 Å². The van der Waals surface area contributed by atoms with E-state index in [2.05, 4.69) is 14.9 Å². The highest BCUT2D eigenvalue weighted by Gasteiger charge is 2.27. The summed E-state index contributed by atoms with van der Waals surface area (Å²) in [6.45, 7) is 1.92. The van der Waals surface area contributed by atoms with Crippen molar-refractivity contribution in [2.75, 3.05) is 24.3 Å². The van der Waals surface area contributed by atoms with Crippen molar-refractivity contribution >= 4 is 29.0 Å². The smallest absolute Gasteiger partial charge is 0.237 e. The van der Waals surface area contributed by atoms with E-state index in [1.54, 1.807) is 0 Å². The van der Waals surface area contributed by atoms with Crippen LogP contribution in [-0.4, -0.2) is 34.8 Å². The summed E-state index contributed by atoms with van der Waals surface area (Å²) in [6, 6.07) is 8.42. The Bertz CT molecular complexity index is 676. The summed E-state index contributed by atoms with van der Waals surface area (Å²) in [6.07, 6.45) is 6.24. The SMILES string of the molecule is CC(Sc1nccn1C1CC1)C(=O)Nc1ccc(N(C)C)cc1. The van der Waals surface area contributed by atoms with Crippen LogP contribution in [-0.2, 0) is 4.79 Å². The van der Waals surface area contributed by atoms with Crippen molar-refractivity contribution in [1.82, 2.24) is 9.55 Å². The highest BCUT2D eigenvalue weighted by molar-refractivity contribution is 8.00. The molecule has 1 aliphatic carbocycles. The maximum Gasteiger partial charge on any atom is 0.237 e. The zero-order valence-corrected chi connectivity index (χ0v) is 14.5. The number of imidazole rings is 1. The van der Waals surface area contributed by atoms with E-state index in [4.69, 9.17) is 0 Å². The third-order valence-corrected chi connectivity index (χ3v) is 4.97. The van der Waals surface area contributed by atoms with Gasteiger partial charge in [0.2, 0.25) is 5.91 Å². The number of hydrogen-bond donors (Lipinski definition) is 1. The van der Waals surface area contributed by atoms with Gasteiger partial charge in [-0.25, -0.2) is 4.98 Å². The Morgan fingerprint density at radius 1 is 1.35 bits per heavy atom. The molecule has 5 nitrogen and oxygen atoms in total. The molecule has 122 valence electrons. The lowest BCUT2D eigenvalue weighted by Gasteiger charge is -2.15. The molecule has 0 aliphatic heterocycles. The maximum atomic E-state index is 12.4. The van der Waals surface area contributed by atoms with Gasteiger partial charge in [-0.3, -0.25) is 4.79 Å². The van der Waals surface area contributed by atoms with Gasteiger partial charge < -0.3 is 14.8 Å². The van der Waals surface area contributed by atoms with E-state index in [9.17, 15) is 4.79 Å². The quantitative estimate of drug-likeness (QED) is 0.825. The average Bonchev–Trinajstić information content (AvgIpc) is 3.27. The van der Waals surface area contributed by atoms with Crippen LogP contribution in [0.3, 0.4) is 0 Å². The minimum Gasteiger partial charge on any atom is -0.378 e. The Labute approximate surface area is 141 Å². The number of carbonyl (C=O) groups is 1. The van der Waals surface area contributed by atoms with Crippen LogP contribution in [0.1, 0.15) is 25.8 Å². The van der Waals surface area contributed by atoms with Gasteiger partial charge in [0.25, 0.3) is 0 Å². The molecular weight excluding hydrogens is 308 g/mol. The predicted molar refractivity (Wildman–Crippen MR) is 95.2 cm³/mol. The van der Waals surface area contributed by atoms with E-state index in [1.807, 2.05) is 62.6 Å². The van der Waals surface area contributed by atoms with E-state index in [1.165, 1.54) is 24.6 Å². The minimum absolute atomic E-state index is 0.00190. The highest BCUT2D eigenvalue weighted by Crippen LogP contribution is 2.38. The Balaban J connectivity index is 1.59. The van der Waals surface area contributed by atoms with Gasteiger partial charge in [0, 0.05) is 43.9 Å². The number of amides is 1. The number of aromatic nitrogens is 2. The predicted octanol–water partition coefficient (Wildman–Crippen LogP) is 3.40. The molecule has 3 rings (SSSR count). The molecule has 2 aromatic rings. The van der Waals surface area contributed by atoms with Crippen LogP contribution in [0, 0.1) is 0 Å². The second kappa shape index (κ2) is 6.66. The second-order valence-corrected chi connectivity index (χ2v) is 7.35. The largest absolute Gasteiger partial charge is 0.378 e. The molecule has 1 aromatic carbocycles. The van der Waals surface area contributed by atoms with Gasteiger partial charge >= 0.3 is 0 Å². The molecule has 0 saturated heterocycles. The molecule has 0 spiro atoms. The van der Waals surface area contributed by atoms with Gasteiger partial charge in [0.05, 0.1) is 5.25 Å². The maximum absolute atomic E-state index is 12.4. The van der Waals surface area contributed by atoms with Crippen LogP contribution in [0.25, 0.3) is 0 Å². The van der Waals surface area contributed by atoms with Gasteiger partial charge in [-0.15, -0.1) is 0 Å². The first-order chi connectivity index (χ1) is 11.0. The summed E-state index contributed by atoms with van der Waals surface area (Å²) in [4.78, 5) is 18.8. The van der Waals surface area contributed by atoms with Crippen molar-refractivity contribution in [1.29, 1.82) is 0 Å². The van der Waals surface area contributed by atoms with E-state index >= 15 is 0 Å². The second-order valence-electron chi connectivity index (χ2n) is 6.04. The molecule has 1 atom stereocenters. The summed E-state index contributed by atoms with van der Waals surface area (Å²) in [5.74, 6) is -0.00190. The number of nitrogens with one attached hydrogen (secondary N) is 1. The topological polar surface area (TPSA) is 50.2 Å². The zero-order chi connectivity index (χ0) is 16.4. The van der Waals surface area contributed by atoms with Crippen molar-refractivity contribution in [3.8, 4) is 0 Å². The monoisotopic (exact) mass is 330 g/mol. The molecule has 1 amide bonds. The Kier molecular flexibility index (Phi) is 4.61. The summed E-state index contributed by atoms with van der Waals surface area (Å²) in [5.41, 5.74) is 1.93. The summed E-state index contributed by atoms with van der Waals surface area (Å²) in [5, 5.41) is 3.71. The molecule has 1 N–H and O–H groups in total. The van der Waals surface area contributed by atoms with Gasteiger partial charge in [0.1, 0.15) is 0 Å². The van der Waals surface area contributed by atoms with Crippen molar-refractivity contribution in [2.24, 2.45) is 0 Å². The Morgan fingerprint density at radius 2 is 2.04 bits per heavy atom. The summed E-state index contributed by atoms with van der Waals surface area (Å²) in [7, 11) is 3.99. The zero-order valence-electron chi connectivity index (χ0n) is 13.7. The molecule has 1 fully saturated rings. The molecule has 0 bridgehead atoms. The van der Waals surface area contributed by atoms with Gasteiger partial charge in [-0.2, -0.15) is 0 Å². The average molecular weight is 330 g/mol. The van der Waals surface area contributed by atoms with E-state index in [0.717, 1.165) is 16.5 Å². The Hall–Kier alpha value is -1.95. The third kappa shape index (κ3) is 3.88. The number of rotatable bonds is 6. The van der Waals surface area contributed by atoms with Crippen LogP contribution < -0.4 is 10.2 Å². The minimum atomic E-state index is -0.191. The van der Waals surface area contributed by atoms with Crippen LogP contribution >= 0.6 is 11.8 Å². The normalized spacial score (nSPS) is 15.3. The first kappa shape index (κ1) is 15.9. The first-order valence-electron chi connectivity index (χ1n) is 7.82. The lowest BCUT2D eigenvalue weighted by atomic mass is 10.2. The number of benzene rings is 1. The lowest BCUT2D eigenvalue weighted by Crippen LogP contribution is -2.23. The van der Waals surface area contributed by atoms with Crippen molar-refractivity contribution in [3.05, 3.63) is 36.7 Å². The summed E-state index contributed by atoms with van der Waals surface area (Å²) >= 11 is 1.51. The number of anilines is 2. The fourth-order valence-electron chi connectivity index (χ4n) is 2.32. The lowest BCUT2D eigenvalue weighted by molar-refractivity contribution is -0.115. The van der Waals surface area contributed by atoms with Gasteiger partial charge in [-0.05, 0) is 44.0 Å². The van der Waals surface area contributed by atoms with E-state index in [-0.39, 0.29) is 11.2 Å². The molecule has 6 heteroatoms. The molecule has 1 saturated carbocycles. The molecule has 0 radical (unpaired) electrons.